The first-order chi connectivity index (χ1) is 13.2. The van der Waals surface area contributed by atoms with Crippen LogP contribution in [0.4, 0.5) is 11.5 Å². The Labute approximate surface area is 163 Å². The average Bonchev–Trinajstić information content (AvgIpc) is 2.61. The van der Waals surface area contributed by atoms with E-state index in [4.69, 9.17) is 5.73 Å². The summed E-state index contributed by atoms with van der Waals surface area (Å²) in [4.78, 5) is 41.3. The first kappa shape index (κ1) is 21.2. The van der Waals surface area contributed by atoms with Crippen LogP contribution in [-0.2, 0) is 17.9 Å². The maximum absolute atomic E-state index is 13.0. The minimum absolute atomic E-state index is 0.0144. The summed E-state index contributed by atoms with van der Waals surface area (Å²) in [6.45, 7) is 6.36. The van der Waals surface area contributed by atoms with E-state index in [0.29, 0.717) is 19.5 Å². The van der Waals surface area contributed by atoms with Crippen LogP contribution in [0.1, 0.15) is 33.6 Å². The average molecular weight is 390 g/mol. The molecule has 0 atom stereocenters. The Morgan fingerprint density at radius 3 is 2.71 bits per heavy atom. The molecule has 28 heavy (non-hydrogen) atoms. The highest BCUT2D eigenvalue weighted by molar-refractivity contribution is 5.94. The molecule has 2 aromatic rings. The summed E-state index contributed by atoms with van der Waals surface area (Å²) in [6, 6.07) is 3.11. The van der Waals surface area contributed by atoms with Crippen LogP contribution >= 0.6 is 0 Å². The molecule has 0 aliphatic heterocycles. The Hall–Kier alpha value is -3.10. The van der Waals surface area contributed by atoms with Crippen molar-refractivity contribution in [3.63, 3.8) is 0 Å². The molecular weight excluding hydrogens is 362 g/mol. The molecule has 0 aliphatic carbocycles. The minimum atomic E-state index is -0.687. The van der Waals surface area contributed by atoms with E-state index in [1.54, 1.807) is 12.3 Å². The third kappa shape index (κ3) is 4.99. The number of H-pyrrole nitrogens is 1. The number of hydrogen-bond donors (Lipinski definition) is 3. The van der Waals surface area contributed by atoms with Crippen LogP contribution in [0.5, 0.6) is 5.75 Å². The van der Waals surface area contributed by atoms with Gasteiger partial charge in [-0.05, 0) is 18.4 Å². The van der Waals surface area contributed by atoms with Crippen molar-refractivity contribution < 1.29 is 14.5 Å². The molecule has 2 aromatic heterocycles. The summed E-state index contributed by atoms with van der Waals surface area (Å²) >= 11 is 0. The molecule has 9 nitrogen and oxygen atoms in total. The number of carbonyl (C=O) groups is 1. The molecule has 1 amide bonds. The lowest BCUT2D eigenvalue weighted by Gasteiger charge is -2.23. The molecule has 0 radical (unpaired) electrons. The van der Waals surface area contributed by atoms with Crippen molar-refractivity contribution >= 4 is 17.4 Å². The summed E-state index contributed by atoms with van der Waals surface area (Å²) in [7, 11) is 0. The number of nitrogens with two attached hydrogens (primary N) is 1. The quantitative estimate of drug-likeness (QED) is 0.569. The molecule has 2 rings (SSSR count). The minimum Gasteiger partial charge on any atom is -0.503 e. The van der Waals surface area contributed by atoms with Crippen LogP contribution in [0, 0.1) is 5.92 Å². The molecular formula is C19H28N5O4+. The molecule has 0 saturated carbocycles. The molecule has 0 saturated heterocycles. The van der Waals surface area contributed by atoms with E-state index in [0.717, 1.165) is 6.42 Å². The van der Waals surface area contributed by atoms with Crippen molar-refractivity contribution in [1.29, 1.82) is 0 Å². The van der Waals surface area contributed by atoms with Gasteiger partial charge in [0.1, 0.15) is 5.82 Å². The summed E-state index contributed by atoms with van der Waals surface area (Å²) in [5.74, 6) is -0.233. The molecule has 4 N–H and O–H groups in total. The number of pyridine rings is 1. The van der Waals surface area contributed by atoms with Gasteiger partial charge in [-0.2, -0.15) is 4.57 Å². The van der Waals surface area contributed by atoms with Crippen molar-refractivity contribution in [3.05, 3.63) is 45.4 Å². The maximum Gasteiger partial charge on any atom is 0.330 e. The van der Waals surface area contributed by atoms with Crippen LogP contribution in [-0.4, -0.2) is 27.1 Å². The van der Waals surface area contributed by atoms with E-state index in [-0.39, 0.29) is 35.6 Å². The predicted molar refractivity (Wildman–Crippen MR) is 106 cm³/mol. The van der Waals surface area contributed by atoms with Gasteiger partial charge in [-0.1, -0.05) is 27.2 Å². The van der Waals surface area contributed by atoms with Crippen molar-refractivity contribution in [2.45, 2.75) is 46.7 Å². The van der Waals surface area contributed by atoms with Crippen molar-refractivity contribution in [2.24, 2.45) is 5.92 Å². The van der Waals surface area contributed by atoms with E-state index in [9.17, 15) is 19.5 Å². The summed E-state index contributed by atoms with van der Waals surface area (Å²) in [5, 5.41) is 9.60. The molecule has 0 aromatic carbocycles. The van der Waals surface area contributed by atoms with E-state index in [1.165, 1.54) is 26.3 Å². The van der Waals surface area contributed by atoms with Gasteiger partial charge in [0.15, 0.2) is 17.6 Å². The third-order valence-corrected chi connectivity index (χ3v) is 4.23. The second-order valence-electron chi connectivity index (χ2n) is 7.13. The van der Waals surface area contributed by atoms with Crippen LogP contribution < -0.4 is 26.4 Å². The number of unbranched alkanes of at least 4 members (excludes halogenated alkanes) is 1. The van der Waals surface area contributed by atoms with Crippen LogP contribution in [0.2, 0.25) is 0 Å². The summed E-state index contributed by atoms with van der Waals surface area (Å²) < 4.78 is 2.81. The number of aromatic hydroxyl groups is 1. The van der Waals surface area contributed by atoms with Gasteiger partial charge in [0.2, 0.25) is 12.7 Å². The van der Waals surface area contributed by atoms with Gasteiger partial charge in [0.25, 0.3) is 11.5 Å². The van der Waals surface area contributed by atoms with Gasteiger partial charge in [-0.15, -0.1) is 0 Å². The Kier molecular flexibility index (Phi) is 6.97. The number of amides is 1. The molecule has 0 bridgehead atoms. The fraction of sp³-hybridized carbons (Fsp3) is 0.474. The second-order valence-corrected chi connectivity index (χ2v) is 7.13. The number of nitrogen functional groups attached to an aromatic ring is 1. The van der Waals surface area contributed by atoms with Crippen LogP contribution in [0.3, 0.4) is 0 Å². The van der Waals surface area contributed by atoms with Crippen molar-refractivity contribution in [2.75, 3.05) is 17.2 Å². The standard InChI is InChI=1S/C19H27N5O4/c1-4-5-9-23(15(26)12-22-8-6-7-14(25)11-22)16-17(20)24(10-13(2)3)19(28)21-18(16)27/h6-8,11,13H,4-5,9-10,12H2,1-3H3,(H3-,20,21,25,27,28)/p+1. The van der Waals surface area contributed by atoms with Gasteiger partial charge in [0, 0.05) is 19.2 Å². The molecule has 0 fully saturated rings. The zero-order valence-electron chi connectivity index (χ0n) is 16.5. The number of rotatable bonds is 8. The zero-order valence-corrected chi connectivity index (χ0v) is 16.5. The Balaban J connectivity index is 2.48. The Morgan fingerprint density at radius 1 is 1.39 bits per heavy atom. The second kappa shape index (κ2) is 9.20. The van der Waals surface area contributed by atoms with Crippen LogP contribution in [0.15, 0.2) is 34.1 Å². The fourth-order valence-electron chi connectivity index (χ4n) is 2.91. The molecule has 2 heterocycles. The lowest BCUT2D eigenvalue weighted by molar-refractivity contribution is -0.684. The number of aromatic amines is 1. The number of carbonyl (C=O) groups excluding carboxylic acids is 1. The first-order valence-corrected chi connectivity index (χ1v) is 9.35. The monoisotopic (exact) mass is 390 g/mol. The van der Waals surface area contributed by atoms with E-state index in [2.05, 4.69) is 4.98 Å². The van der Waals surface area contributed by atoms with Crippen molar-refractivity contribution in [1.82, 2.24) is 9.55 Å². The topological polar surface area (TPSA) is 125 Å². The number of anilines is 2. The van der Waals surface area contributed by atoms with E-state index >= 15 is 0 Å². The van der Waals surface area contributed by atoms with Crippen LogP contribution in [0.25, 0.3) is 0 Å². The fourth-order valence-corrected chi connectivity index (χ4v) is 2.91. The molecule has 0 spiro atoms. The molecule has 0 aliphatic rings. The number of nitrogens with zero attached hydrogens (tertiary/aromatic N) is 3. The SMILES string of the molecule is CCCCN(C(=O)C[n+]1cccc(O)c1)c1c(N)n(CC(C)C)c(=O)[nH]c1=O. The number of aromatic nitrogens is 3. The highest BCUT2D eigenvalue weighted by Crippen LogP contribution is 2.18. The first-order valence-electron chi connectivity index (χ1n) is 9.35. The normalized spacial score (nSPS) is 11.0. The van der Waals surface area contributed by atoms with Gasteiger partial charge in [-0.3, -0.25) is 24.0 Å². The van der Waals surface area contributed by atoms with E-state index < -0.39 is 11.2 Å². The van der Waals surface area contributed by atoms with Gasteiger partial charge in [0.05, 0.1) is 0 Å². The zero-order chi connectivity index (χ0) is 20.8. The number of nitrogens with one attached hydrogen (secondary N) is 1. The van der Waals surface area contributed by atoms with Gasteiger partial charge < -0.3 is 10.8 Å². The van der Waals surface area contributed by atoms with E-state index in [1.807, 2.05) is 20.8 Å². The lowest BCUT2D eigenvalue weighted by atomic mass is 10.2. The summed E-state index contributed by atoms with van der Waals surface area (Å²) in [6.07, 6.45) is 4.54. The van der Waals surface area contributed by atoms with Gasteiger partial charge in [-0.25, -0.2) is 4.79 Å². The largest absolute Gasteiger partial charge is 0.503 e. The highest BCUT2D eigenvalue weighted by Gasteiger charge is 2.26. The molecule has 0 unspecified atom stereocenters. The Morgan fingerprint density at radius 2 is 2.11 bits per heavy atom. The lowest BCUT2D eigenvalue weighted by Crippen LogP contribution is -2.48. The van der Waals surface area contributed by atoms with Gasteiger partial charge >= 0.3 is 5.69 Å². The van der Waals surface area contributed by atoms with Crippen molar-refractivity contribution in [3.8, 4) is 5.75 Å². The third-order valence-electron chi connectivity index (χ3n) is 4.23. The summed E-state index contributed by atoms with van der Waals surface area (Å²) in [5.41, 5.74) is 4.87. The highest BCUT2D eigenvalue weighted by atomic mass is 16.3. The molecule has 9 heteroatoms. The molecule has 152 valence electrons. The maximum atomic E-state index is 13.0. The predicted octanol–water partition coefficient (Wildman–Crippen LogP) is 0.601. The smallest absolute Gasteiger partial charge is 0.330 e. The Bertz CT molecular complexity index is 948. The number of hydrogen-bond acceptors (Lipinski definition) is 5.